The fourth-order valence-electron chi connectivity index (χ4n) is 2.21. The van der Waals surface area contributed by atoms with E-state index in [1.807, 2.05) is 6.92 Å². The van der Waals surface area contributed by atoms with Gasteiger partial charge in [0.25, 0.3) is 0 Å². The van der Waals surface area contributed by atoms with Crippen LogP contribution in [0.25, 0.3) is 0 Å². The van der Waals surface area contributed by atoms with E-state index in [-0.39, 0.29) is 11.2 Å². The molecule has 1 aliphatic carbocycles. The highest BCUT2D eigenvalue weighted by Gasteiger charge is 2.20. The number of carbonyl (C=O) groups is 1. The standard InChI is InChI=1S/C12H20N4OS/c1-9(18-12-13-8-14-16-12)11(17)15-10-6-4-2-3-5-7-10/h8-10H,2-7H2,1H3,(H,15,17)(H,13,14,16). The van der Waals surface area contributed by atoms with Gasteiger partial charge in [-0.2, -0.15) is 5.10 Å². The van der Waals surface area contributed by atoms with Crippen LogP contribution >= 0.6 is 11.8 Å². The molecule has 5 nitrogen and oxygen atoms in total. The summed E-state index contributed by atoms with van der Waals surface area (Å²) < 4.78 is 0. The molecular formula is C12H20N4OS. The first-order valence-electron chi connectivity index (χ1n) is 6.58. The molecule has 0 aromatic carbocycles. The van der Waals surface area contributed by atoms with Gasteiger partial charge >= 0.3 is 0 Å². The van der Waals surface area contributed by atoms with Crippen LogP contribution in [-0.2, 0) is 4.79 Å². The second-order valence-corrected chi connectivity index (χ2v) is 6.08. The van der Waals surface area contributed by atoms with Crippen LogP contribution in [0.5, 0.6) is 0 Å². The summed E-state index contributed by atoms with van der Waals surface area (Å²) in [6.45, 7) is 1.90. The van der Waals surface area contributed by atoms with Crippen molar-refractivity contribution in [3.8, 4) is 0 Å². The van der Waals surface area contributed by atoms with Gasteiger partial charge in [-0.25, -0.2) is 4.98 Å². The van der Waals surface area contributed by atoms with E-state index in [0.717, 1.165) is 12.8 Å². The molecule has 2 N–H and O–H groups in total. The van der Waals surface area contributed by atoms with E-state index in [1.165, 1.54) is 43.8 Å². The van der Waals surface area contributed by atoms with E-state index < -0.39 is 0 Å². The second-order valence-electron chi connectivity index (χ2n) is 4.75. The third-order valence-corrected chi connectivity index (χ3v) is 4.24. The average molecular weight is 268 g/mol. The normalized spacial score (nSPS) is 19.2. The largest absolute Gasteiger partial charge is 0.352 e. The Balaban J connectivity index is 1.79. The first kappa shape index (κ1) is 13.4. The minimum absolute atomic E-state index is 0.100. The van der Waals surface area contributed by atoms with E-state index >= 15 is 0 Å². The maximum absolute atomic E-state index is 12.1. The molecule has 1 aromatic rings. The predicted molar refractivity (Wildman–Crippen MR) is 71.3 cm³/mol. The molecule has 18 heavy (non-hydrogen) atoms. The van der Waals surface area contributed by atoms with Gasteiger partial charge in [-0.15, -0.1) is 0 Å². The summed E-state index contributed by atoms with van der Waals surface area (Å²) in [6, 6.07) is 0.359. The van der Waals surface area contributed by atoms with Crippen molar-refractivity contribution in [1.82, 2.24) is 20.5 Å². The Morgan fingerprint density at radius 1 is 1.44 bits per heavy atom. The van der Waals surface area contributed by atoms with Crippen LogP contribution in [0.15, 0.2) is 11.5 Å². The SMILES string of the molecule is CC(Sc1ncn[nH]1)C(=O)NC1CCCCCC1. The summed E-state index contributed by atoms with van der Waals surface area (Å²) >= 11 is 1.41. The van der Waals surface area contributed by atoms with Gasteiger partial charge in [0.1, 0.15) is 6.33 Å². The van der Waals surface area contributed by atoms with Gasteiger partial charge in [0.2, 0.25) is 5.91 Å². The van der Waals surface area contributed by atoms with Crippen molar-refractivity contribution in [3.63, 3.8) is 0 Å². The molecule has 1 heterocycles. The molecule has 1 fully saturated rings. The van der Waals surface area contributed by atoms with Gasteiger partial charge in [-0.3, -0.25) is 9.89 Å². The minimum atomic E-state index is -0.138. The quantitative estimate of drug-likeness (QED) is 0.648. The van der Waals surface area contributed by atoms with Crippen LogP contribution in [0.1, 0.15) is 45.4 Å². The highest BCUT2D eigenvalue weighted by Crippen LogP contribution is 2.20. The number of aromatic nitrogens is 3. The van der Waals surface area contributed by atoms with Crippen LogP contribution in [0.4, 0.5) is 0 Å². The average Bonchev–Trinajstić information content (AvgIpc) is 2.72. The van der Waals surface area contributed by atoms with E-state index in [2.05, 4.69) is 20.5 Å². The lowest BCUT2D eigenvalue weighted by molar-refractivity contribution is -0.121. The number of carbonyl (C=O) groups excluding carboxylic acids is 1. The lowest BCUT2D eigenvalue weighted by atomic mass is 10.1. The summed E-state index contributed by atoms with van der Waals surface area (Å²) in [7, 11) is 0. The number of nitrogens with one attached hydrogen (secondary N) is 2. The topological polar surface area (TPSA) is 70.7 Å². The van der Waals surface area contributed by atoms with Gasteiger partial charge in [-0.1, -0.05) is 37.4 Å². The maximum atomic E-state index is 12.1. The van der Waals surface area contributed by atoms with E-state index in [1.54, 1.807) is 0 Å². The summed E-state index contributed by atoms with van der Waals surface area (Å²) in [4.78, 5) is 16.1. The fraction of sp³-hybridized carbons (Fsp3) is 0.750. The second kappa shape index (κ2) is 6.78. The minimum Gasteiger partial charge on any atom is -0.352 e. The Morgan fingerprint density at radius 2 is 2.17 bits per heavy atom. The molecular weight excluding hydrogens is 248 g/mol. The molecule has 0 bridgehead atoms. The molecule has 1 aromatic heterocycles. The summed E-state index contributed by atoms with van der Waals surface area (Å²) in [5, 5.41) is 10.2. The number of hydrogen-bond donors (Lipinski definition) is 2. The molecule has 100 valence electrons. The maximum Gasteiger partial charge on any atom is 0.233 e. The number of hydrogen-bond acceptors (Lipinski definition) is 4. The molecule has 1 aliphatic rings. The molecule has 0 spiro atoms. The Bertz CT molecular complexity index is 360. The summed E-state index contributed by atoms with van der Waals surface area (Å²) in [5.41, 5.74) is 0. The number of H-pyrrole nitrogens is 1. The first-order valence-corrected chi connectivity index (χ1v) is 7.46. The third kappa shape index (κ3) is 4.01. The fourth-order valence-corrected chi connectivity index (χ4v) is 2.94. The Labute approximate surface area is 112 Å². The smallest absolute Gasteiger partial charge is 0.233 e. The lowest BCUT2D eigenvalue weighted by Gasteiger charge is -2.18. The van der Waals surface area contributed by atoms with Crippen LogP contribution < -0.4 is 5.32 Å². The zero-order chi connectivity index (χ0) is 12.8. The Kier molecular flexibility index (Phi) is 5.04. The molecule has 1 unspecified atom stereocenters. The van der Waals surface area contributed by atoms with Crippen molar-refractivity contribution >= 4 is 17.7 Å². The van der Waals surface area contributed by atoms with E-state index in [9.17, 15) is 4.79 Å². The van der Waals surface area contributed by atoms with Gasteiger partial charge < -0.3 is 5.32 Å². The third-order valence-electron chi connectivity index (χ3n) is 3.25. The van der Waals surface area contributed by atoms with Gasteiger partial charge in [0.05, 0.1) is 5.25 Å². The van der Waals surface area contributed by atoms with E-state index in [0.29, 0.717) is 11.2 Å². The molecule has 0 saturated heterocycles. The molecule has 1 saturated carbocycles. The highest BCUT2D eigenvalue weighted by molar-refractivity contribution is 8.00. The number of thioether (sulfide) groups is 1. The lowest BCUT2D eigenvalue weighted by Crippen LogP contribution is -2.39. The van der Waals surface area contributed by atoms with Gasteiger partial charge in [-0.05, 0) is 19.8 Å². The molecule has 6 heteroatoms. The zero-order valence-electron chi connectivity index (χ0n) is 10.7. The molecule has 1 atom stereocenters. The van der Waals surface area contributed by atoms with Crippen molar-refractivity contribution in [2.24, 2.45) is 0 Å². The number of amides is 1. The van der Waals surface area contributed by atoms with Crippen molar-refractivity contribution in [2.75, 3.05) is 0 Å². The van der Waals surface area contributed by atoms with Crippen molar-refractivity contribution in [3.05, 3.63) is 6.33 Å². The van der Waals surface area contributed by atoms with Crippen LogP contribution in [0, 0.1) is 0 Å². The van der Waals surface area contributed by atoms with Crippen LogP contribution in [-0.4, -0.2) is 32.4 Å². The Morgan fingerprint density at radius 3 is 2.78 bits per heavy atom. The van der Waals surface area contributed by atoms with Crippen molar-refractivity contribution in [1.29, 1.82) is 0 Å². The van der Waals surface area contributed by atoms with Crippen molar-refractivity contribution < 1.29 is 4.79 Å². The predicted octanol–water partition coefficient (Wildman–Crippen LogP) is 2.12. The summed E-state index contributed by atoms with van der Waals surface area (Å²) in [5.74, 6) is 0.100. The Hall–Kier alpha value is -1.04. The molecule has 0 radical (unpaired) electrons. The van der Waals surface area contributed by atoms with Crippen molar-refractivity contribution in [2.45, 2.75) is 61.9 Å². The number of nitrogens with zero attached hydrogens (tertiary/aromatic N) is 2. The zero-order valence-corrected chi connectivity index (χ0v) is 11.5. The van der Waals surface area contributed by atoms with Crippen LogP contribution in [0.3, 0.4) is 0 Å². The van der Waals surface area contributed by atoms with Gasteiger partial charge in [0.15, 0.2) is 5.16 Å². The number of rotatable bonds is 4. The molecule has 2 rings (SSSR count). The van der Waals surface area contributed by atoms with E-state index in [4.69, 9.17) is 0 Å². The molecule has 0 aliphatic heterocycles. The number of aromatic amines is 1. The summed E-state index contributed by atoms with van der Waals surface area (Å²) in [6.07, 6.45) is 8.75. The van der Waals surface area contributed by atoms with Crippen LogP contribution in [0.2, 0.25) is 0 Å². The first-order chi connectivity index (χ1) is 8.75. The molecule has 1 amide bonds. The van der Waals surface area contributed by atoms with Gasteiger partial charge in [0, 0.05) is 6.04 Å². The highest BCUT2D eigenvalue weighted by atomic mass is 32.2. The monoisotopic (exact) mass is 268 g/mol.